The molecule has 1 aliphatic rings. The minimum atomic E-state index is -1.09. The van der Waals surface area contributed by atoms with Gasteiger partial charge in [-0.25, -0.2) is 0 Å². The number of hydrogen-bond acceptors (Lipinski definition) is 7. The summed E-state index contributed by atoms with van der Waals surface area (Å²) in [4.78, 5) is 36.0. The number of ketones is 1. The molecule has 1 heterocycles. The van der Waals surface area contributed by atoms with Crippen molar-refractivity contribution in [1.29, 1.82) is 0 Å². The van der Waals surface area contributed by atoms with Gasteiger partial charge in [0.05, 0.1) is 0 Å². The van der Waals surface area contributed by atoms with E-state index in [1.807, 2.05) is 0 Å². The number of esters is 2. The molecule has 148 valence electrons. The average molecular weight is 378 g/mol. The van der Waals surface area contributed by atoms with Gasteiger partial charge in [-0.05, 0) is 44.9 Å². The van der Waals surface area contributed by atoms with E-state index < -0.39 is 41.6 Å². The predicted molar refractivity (Wildman–Crippen MR) is 96.5 cm³/mol. The lowest BCUT2D eigenvalue weighted by molar-refractivity contribution is -0.164. The Bertz CT molecular complexity index is 743. The Morgan fingerprint density at radius 2 is 1.74 bits per heavy atom. The molecule has 2 rings (SSSR count). The lowest BCUT2D eigenvalue weighted by atomic mass is 9.95. The minimum absolute atomic E-state index is 0.103. The fraction of sp³-hybridized carbons (Fsp3) is 0.550. The highest BCUT2D eigenvalue weighted by molar-refractivity contribution is 6.00. The van der Waals surface area contributed by atoms with Crippen LogP contribution in [0.5, 0.6) is 11.5 Å². The summed E-state index contributed by atoms with van der Waals surface area (Å²) in [6.45, 7) is 9.48. The Morgan fingerprint density at radius 1 is 1.11 bits per heavy atom. The molecule has 1 aromatic carbocycles. The lowest BCUT2D eigenvalue weighted by Crippen LogP contribution is -2.36. The largest absolute Gasteiger partial charge is 0.459 e. The molecule has 0 N–H and O–H groups in total. The van der Waals surface area contributed by atoms with E-state index in [1.54, 1.807) is 52.8 Å². The van der Waals surface area contributed by atoms with Crippen molar-refractivity contribution < 1.29 is 33.3 Å². The number of Topliss-reactive ketones (excluding diaryl/α,β-unsaturated/α-hetero) is 1. The zero-order chi connectivity index (χ0) is 20.4. The molecule has 0 saturated heterocycles. The van der Waals surface area contributed by atoms with Crippen LogP contribution in [-0.2, 0) is 30.3 Å². The smallest absolute Gasteiger partial charge is 0.317 e. The van der Waals surface area contributed by atoms with Crippen molar-refractivity contribution in [1.82, 2.24) is 0 Å². The summed E-state index contributed by atoms with van der Waals surface area (Å²) in [5.41, 5.74) is -0.0299. The van der Waals surface area contributed by atoms with Gasteiger partial charge in [-0.15, -0.1) is 0 Å². The first kappa shape index (κ1) is 20.7. The molecule has 0 saturated carbocycles. The topological polar surface area (TPSA) is 88.1 Å². The van der Waals surface area contributed by atoms with E-state index in [4.69, 9.17) is 18.9 Å². The standard InChI is InChI=1S/C20H26O7/c1-12(21)24-11-15(22)14(18(23)27-19(2,3)4)9-13-7-8-16-17(10-13)26-20(5,6)25-16/h7-8,10,14H,9,11H2,1-6H3/t14-/m0/s1. The monoisotopic (exact) mass is 378 g/mol. The SMILES string of the molecule is CC(=O)OCC(=O)[C@H](Cc1ccc2c(c1)OC(C)(C)O2)C(=O)OC(C)(C)C. The van der Waals surface area contributed by atoms with Crippen LogP contribution in [0.3, 0.4) is 0 Å². The molecule has 1 aliphatic heterocycles. The van der Waals surface area contributed by atoms with Crippen LogP contribution in [0.15, 0.2) is 18.2 Å². The maximum Gasteiger partial charge on any atom is 0.317 e. The van der Waals surface area contributed by atoms with Crippen molar-refractivity contribution in [2.75, 3.05) is 6.61 Å². The van der Waals surface area contributed by atoms with Crippen molar-refractivity contribution >= 4 is 17.7 Å². The first-order valence-electron chi connectivity index (χ1n) is 8.76. The van der Waals surface area contributed by atoms with Gasteiger partial charge in [0, 0.05) is 20.8 Å². The first-order valence-corrected chi connectivity index (χ1v) is 8.76. The highest BCUT2D eigenvalue weighted by atomic mass is 16.7. The summed E-state index contributed by atoms with van der Waals surface area (Å²) >= 11 is 0. The first-order chi connectivity index (χ1) is 12.4. The summed E-state index contributed by atoms with van der Waals surface area (Å²) in [6.07, 6.45) is 0.103. The molecule has 0 spiro atoms. The van der Waals surface area contributed by atoms with Crippen LogP contribution in [0.2, 0.25) is 0 Å². The maximum atomic E-state index is 12.5. The third-order valence-corrected chi connectivity index (χ3v) is 3.66. The molecular formula is C20H26O7. The molecule has 0 bridgehead atoms. The van der Waals surface area contributed by atoms with Crippen molar-refractivity contribution in [3.8, 4) is 11.5 Å². The molecule has 1 aromatic rings. The van der Waals surface area contributed by atoms with Gasteiger partial charge in [0.15, 0.2) is 23.9 Å². The molecular weight excluding hydrogens is 352 g/mol. The molecule has 27 heavy (non-hydrogen) atoms. The Morgan fingerprint density at radius 3 is 2.33 bits per heavy atom. The Balaban J connectivity index is 2.20. The summed E-state index contributed by atoms with van der Waals surface area (Å²) < 4.78 is 21.5. The number of benzene rings is 1. The molecule has 0 aliphatic carbocycles. The Labute approximate surface area is 158 Å². The van der Waals surface area contributed by atoms with E-state index in [1.165, 1.54) is 6.92 Å². The van der Waals surface area contributed by atoms with Gasteiger partial charge in [-0.3, -0.25) is 14.4 Å². The Hall–Kier alpha value is -2.57. The third-order valence-electron chi connectivity index (χ3n) is 3.66. The number of ether oxygens (including phenoxy) is 4. The number of carbonyl (C=O) groups is 3. The zero-order valence-corrected chi connectivity index (χ0v) is 16.6. The van der Waals surface area contributed by atoms with Gasteiger partial charge >= 0.3 is 11.9 Å². The van der Waals surface area contributed by atoms with E-state index >= 15 is 0 Å². The van der Waals surface area contributed by atoms with Gasteiger partial charge in [0.2, 0.25) is 5.79 Å². The van der Waals surface area contributed by atoms with Crippen LogP contribution < -0.4 is 9.47 Å². The van der Waals surface area contributed by atoms with Crippen LogP contribution in [0, 0.1) is 5.92 Å². The Kier molecular flexibility index (Phi) is 5.82. The molecule has 1 atom stereocenters. The van der Waals surface area contributed by atoms with Crippen LogP contribution in [0.25, 0.3) is 0 Å². The van der Waals surface area contributed by atoms with E-state index in [2.05, 4.69) is 0 Å². The summed E-state index contributed by atoms with van der Waals surface area (Å²) in [5, 5.41) is 0. The van der Waals surface area contributed by atoms with Crippen LogP contribution in [0.1, 0.15) is 47.1 Å². The van der Waals surface area contributed by atoms with Crippen molar-refractivity contribution in [3.63, 3.8) is 0 Å². The highest BCUT2D eigenvalue weighted by Gasteiger charge is 2.34. The fourth-order valence-corrected chi connectivity index (χ4v) is 2.60. The molecule has 0 aromatic heterocycles. The van der Waals surface area contributed by atoms with Crippen LogP contribution in [0.4, 0.5) is 0 Å². The van der Waals surface area contributed by atoms with Gasteiger partial charge in [-0.1, -0.05) is 6.07 Å². The fourth-order valence-electron chi connectivity index (χ4n) is 2.60. The van der Waals surface area contributed by atoms with Crippen molar-refractivity contribution in [3.05, 3.63) is 23.8 Å². The van der Waals surface area contributed by atoms with Gasteiger partial charge in [-0.2, -0.15) is 0 Å². The molecule has 0 unspecified atom stereocenters. The van der Waals surface area contributed by atoms with Crippen molar-refractivity contribution in [2.45, 2.75) is 59.4 Å². The van der Waals surface area contributed by atoms with Gasteiger partial charge < -0.3 is 18.9 Å². The average Bonchev–Trinajstić information content (AvgIpc) is 2.81. The third kappa shape index (κ3) is 5.98. The second-order valence-electron chi connectivity index (χ2n) is 7.92. The van der Waals surface area contributed by atoms with Gasteiger partial charge in [0.1, 0.15) is 11.5 Å². The number of hydrogen-bond donors (Lipinski definition) is 0. The van der Waals surface area contributed by atoms with Crippen LogP contribution >= 0.6 is 0 Å². The quantitative estimate of drug-likeness (QED) is 0.555. The lowest BCUT2D eigenvalue weighted by Gasteiger charge is -2.23. The van der Waals surface area contributed by atoms with Gasteiger partial charge in [0.25, 0.3) is 0 Å². The predicted octanol–water partition coefficient (Wildman–Crippen LogP) is 2.83. The van der Waals surface area contributed by atoms with Crippen LogP contribution in [-0.4, -0.2) is 35.7 Å². The van der Waals surface area contributed by atoms with E-state index in [0.29, 0.717) is 17.1 Å². The number of carbonyl (C=O) groups excluding carboxylic acids is 3. The minimum Gasteiger partial charge on any atom is -0.459 e. The van der Waals surface area contributed by atoms with E-state index in [-0.39, 0.29) is 6.42 Å². The maximum absolute atomic E-state index is 12.5. The molecule has 0 fully saturated rings. The molecule has 7 nitrogen and oxygen atoms in total. The number of fused-ring (bicyclic) bond motifs is 1. The summed E-state index contributed by atoms with van der Waals surface area (Å²) in [6, 6.07) is 5.24. The molecule has 7 heteroatoms. The second kappa shape index (κ2) is 7.58. The van der Waals surface area contributed by atoms with Crippen molar-refractivity contribution in [2.24, 2.45) is 5.92 Å². The summed E-state index contributed by atoms with van der Waals surface area (Å²) in [7, 11) is 0. The normalized spacial score (nSPS) is 15.8. The second-order valence-corrected chi connectivity index (χ2v) is 7.92. The zero-order valence-electron chi connectivity index (χ0n) is 16.6. The number of rotatable bonds is 6. The summed E-state index contributed by atoms with van der Waals surface area (Å²) in [5.74, 6) is -2.46. The highest BCUT2D eigenvalue weighted by Crippen LogP contribution is 2.40. The molecule has 0 radical (unpaired) electrons. The van der Waals surface area contributed by atoms with E-state index in [0.717, 1.165) is 0 Å². The van der Waals surface area contributed by atoms with E-state index in [9.17, 15) is 14.4 Å². The molecule has 0 amide bonds.